The van der Waals surface area contributed by atoms with Gasteiger partial charge < -0.3 is 0 Å². The molecule has 0 bridgehead atoms. The first-order chi connectivity index (χ1) is 5.81. The van der Waals surface area contributed by atoms with Gasteiger partial charge in [-0.1, -0.05) is 24.1 Å². The lowest BCUT2D eigenvalue weighted by Gasteiger charge is -1.97. The molecule has 0 radical (unpaired) electrons. The maximum Gasteiger partial charge on any atom is 0.0123 e. The number of hydrogen-bond acceptors (Lipinski definition) is 0. The Hall–Kier alpha value is -0.483. The highest BCUT2D eigenvalue weighted by atomic mass is 28.1. The van der Waals surface area contributed by atoms with E-state index in [0.29, 0.717) is 0 Å². The van der Waals surface area contributed by atoms with Crippen molar-refractivity contribution in [3.8, 4) is 11.8 Å². The fourth-order valence-electron chi connectivity index (χ4n) is 1.07. The van der Waals surface area contributed by atoms with Crippen LogP contribution in [0.15, 0.2) is 11.6 Å². The molecule has 0 aromatic rings. The van der Waals surface area contributed by atoms with E-state index in [2.05, 4.69) is 24.8 Å². The first kappa shape index (κ1) is 11.5. The molecule has 0 rings (SSSR count). The molecular weight excluding hydrogens is 160 g/mol. The van der Waals surface area contributed by atoms with Gasteiger partial charge in [0.25, 0.3) is 0 Å². The van der Waals surface area contributed by atoms with Crippen LogP contribution >= 0.6 is 0 Å². The van der Waals surface area contributed by atoms with Gasteiger partial charge in [-0.25, -0.2) is 0 Å². The summed E-state index contributed by atoms with van der Waals surface area (Å²) in [6, 6.07) is 1.43. The van der Waals surface area contributed by atoms with Crippen molar-refractivity contribution in [2.45, 2.75) is 45.6 Å². The van der Waals surface area contributed by atoms with Crippen molar-refractivity contribution in [3.05, 3.63) is 11.6 Å². The van der Waals surface area contributed by atoms with E-state index in [0.717, 1.165) is 12.8 Å². The fraction of sp³-hybridized carbons (Fsp3) is 0.636. The lowest BCUT2D eigenvalue weighted by molar-refractivity contribution is 0.889. The third-order valence-corrected chi connectivity index (χ3v) is 2.57. The van der Waals surface area contributed by atoms with Crippen LogP contribution in [0, 0.1) is 11.8 Å². The Morgan fingerprint density at radius 2 is 2.25 bits per heavy atom. The van der Waals surface area contributed by atoms with E-state index < -0.39 is 0 Å². The molecule has 0 fully saturated rings. The second-order valence-electron chi connectivity index (χ2n) is 3.12. The Morgan fingerprint density at radius 3 is 2.83 bits per heavy atom. The first-order valence-electron chi connectivity index (χ1n) is 4.86. The van der Waals surface area contributed by atoms with Gasteiger partial charge in [0.2, 0.25) is 0 Å². The molecule has 0 N–H and O–H groups in total. The van der Waals surface area contributed by atoms with E-state index in [1.807, 2.05) is 6.92 Å². The van der Waals surface area contributed by atoms with Crippen molar-refractivity contribution >= 4 is 10.2 Å². The van der Waals surface area contributed by atoms with Crippen molar-refractivity contribution in [3.63, 3.8) is 0 Å². The maximum absolute atomic E-state index is 3.07. The molecule has 0 spiro atoms. The number of hydrogen-bond donors (Lipinski definition) is 0. The zero-order valence-corrected chi connectivity index (χ0v) is 10.6. The van der Waals surface area contributed by atoms with Crippen molar-refractivity contribution in [1.29, 1.82) is 0 Å². The van der Waals surface area contributed by atoms with Crippen molar-refractivity contribution < 1.29 is 0 Å². The van der Waals surface area contributed by atoms with Gasteiger partial charge in [0, 0.05) is 16.7 Å². The normalized spacial score (nSPS) is 11.0. The van der Waals surface area contributed by atoms with Crippen LogP contribution in [0.5, 0.6) is 0 Å². The minimum Gasteiger partial charge on any atom is -0.107 e. The van der Waals surface area contributed by atoms with Gasteiger partial charge in [-0.05, 0) is 26.7 Å². The van der Waals surface area contributed by atoms with Crippen LogP contribution in [-0.4, -0.2) is 10.2 Å². The van der Waals surface area contributed by atoms with Gasteiger partial charge in [-0.15, -0.1) is 11.8 Å². The Labute approximate surface area is 79.9 Å². The monoisotopic (exact) mass is 180 g/mol. The fourth-order valence-corrected chi connectivity index (χ4v) is 1.43. The molecule has 1 heteroatoms. The van der Waals surface area contributed by atoms with Gasteiger partial charge in [0.05, 0.1) is 0 Å². The van der Waals surface area contributed by atoms with Crippen LogP contribution < -0.4 is 0 Å². The van der Waals surface area contributed by atoms with Crippen LogP contribution in [-0.2, 0) is 0 Å². The van der Waals surface area contributed by atoms with E-state index in [4.69, 9.17) is 0 Å². The van der Waals surface area contributed by atoms with E-state index >= 15 is 0 Å². The SMILES string of the molecule is CC#CCC/C=C(\C)CCC[SiH3]. The third-order valence-electron chi connectivity index (χ3n) is 1.86. The molecule has 0 unspecified atom stereocenters. The molecule has 0 aliphatic heterocycles. The molecule has 0 aliphatic rings. The van der Waals surface area contributed by atoms with Gasteiger partial charge in [0.1, 0.15) is 0 Å². The van der Waals surface area contributed by atoms with E-state index in [9.17, 15) is 0 Å². The van der Waals surface area contributed by atoms with Crippen LogP contribution in [0.25, 0.3) is 0 Å². The van der Waals surface area contributed by atoms with Crippen molar-refractivity contribution in [1.82, 2.24) is 0 Å². The number of allylic oxidation sites excluding steroid dienone is 2. The van der Waals surface area contributed by atoms with E-state index in [1.54, 1.807) is 5.57 Å². The molecule has 0 nitrogen and oxygen atoms in total. The lowest BCUT2D eigenvalue weighted by Crippen LogP contribution is -1.78. The van der Waals surface area contributed by atoms with Crippen LogP contribution in [0.1, 0.15) is 39.5 Å². The molecule has 0 saturated heterocycles. The molecule has 68 valence electrons. The lowest BCUT2D eigenvalue weighted by atomic mass is 10.1. The summed E-state index contributed by atoms with van der Waals surface area (Å²) < 4.78 is 0. The summed E-state index contributed by atoms with van der Waals surface area (Å²) in [5.41, 5.74) is 1.55. The molecule has 12 heavy (non-hydrogen) atoms. The molecule has 0 saturated carbocycles. The largest absolute Gasteiger partial charge is 0.107 e. The smallest absolute Gasteiger partial charge is 0.0123 e. The molecule has 0 aromatic heterocycles. The quantitative estimate of drug-likeness (QED) is 0.264. The molecule has 0 heterocycles. The maximum atomic E-state index is 3.07. The summed E-state index contributed by atoms with van der Waals surface area (Å²) >= 11 is 0. The molecule has 0 aromatic carbocycles. The summed E-state index contributed by atoms with van der Waals surface area (Å²) in [6.07, 6.45) is 7.17. The van der Waals surface area contributed by atoms with Gasteiger partial charge in [-0.3, -0.25) is 0 Å². The second-order valence-corrected chi connectivity index (χ2v) is 4.12. The highest BCUT2D eigenvalue weighted by Gasteiger charge is 1.87. The standard InChI is InChI=1S/C11H20Si/c1-3-4-5-6-8-11(2)9-7-10-12/h8H,5-7,9-10H2,1-2,12H3/b11-8+. The first-order valence-corrected chi connectivity index (χ1v) is 6.28. The van der Waals surface area contributed by atoms with Crippen LogP contribution in [0.4, 0.5) is 0 Å². The van der Waals surface area contributed by atoms with Crippen molar-refractivity contribution in [2.75, 3.05) is 0 Å². The predicted molar refractivity (Wildman–Crippen MR) is 60.4 cm³/mol. The molecule has 0 aliphatic carbocycles. The Kier molecular flexibility index (Phi) is 8.27. The van der Waals surface area contributed by atoms with Crippen LogP contribution in [0.2, 0.25) is 6.04 Å². The third kappa shape index (κ3) is 7.62. The second kappa shape index (κ2) is 8.61. The summed E-state index contributed by atoms with van der Waals surface area (Å²) in [5.74, 6) is 5.98. The summed E-state index contributed by atoms with van der Waals surface area (Å²) in [7, 11) is 1.35. The van der Waals surface area contributed by atoms with E-state index in [1.165, 1.54) is 29.1 Å². The van der Waals surface area contributed by atoms with Crippen LogP contribution in [0.3, 0.4) is 0 Å². The predicted octanol–water partition coefficient (Wildman–Crippen LogP) is 2.30. The van der Waals surface area contributed by atoms with E-state index in [-0.39, 0.29) is 0 Å². The Balaban J connectivity index is 3.45. The molecule has 0 atom stereocenters. The highest BCUT2D eigenvalue weighted by molar-refractivity contribution is 6.08. The average molecular weight is 180 g/mol. The zero-order chi connectivity index (χ0) is 9.23. The molecular formula is C11H20Si. The summed E-state index contributed by atoms with van der Waals surface area (Å²) in [4.78, 5) is 0. The van der Waals surface area contributed by atoms with Gasteiger partial charge in [-0.2, -0.15) is 0 Å². The number of rotatable bonds is 5. The minimum absolute atomic E-state index is 1.02. The minimum atomic E-state index is 1.02. The van der Waals surface area contributed by atoms with Crippen molar-refractivity contribution in [2.24, 2.45) is 0 Å². The topological polar surface area (TPSA) is 0 Å². The molecule has 0 amide bonds. The zero-order valence-electron chi connectivity index (χ0n) is 8.61. The van der Waals surface area contributed by atoms with Gasteiger partial charge >= 0.3 is 0 Å². The number of unbranched alkanes of at least 4 members (excludes halogenated alkanes) is 1. The van der Waals surface area contributed by atoms with Gasteiger partial charge in [0.15, 0.2) is 0 Å². The Bertz CT molecular complexity index is 181. The summed E-state index contributed by atoms with van der Waals surface area (Å²) in [5, 5.41) is 0. The summed E-state index contributed by atoms with van der Waals surface area (Å²) in [6.45, 7) is 4.13. The Morgan fingerprint density at radius 1 is 1.50 bits per heavy atom. The highest BCUT2D eigenvalue weighted by Crippen LogP contribution is 2.07. The average Bonchev–Trinajstić information content (AvgIpc) is 2.09.